The number of hydrogen-bond acceptors (Lipinski definition) is 4. The van der Waals surface area contributed by atoms with Crippen LogP contribution in [0.5, 0.6) is 0 Å². The van der Waals surface area contributed by atoms with Crippen LogP contribution in [0.4, 0.5) is 0 Å². The summed E-state index contributed by atoms with van der Waals surface area (Å²) in [4.78, 5) is 11.1. The summed E-state index contributed by atoms with van der Waals surface area (Å²) in [6, 6.07) is 0. The average Bonchev–Trinajstić information content (AvgIpc) is 2.77. The number of allylic oxidation sites excluding steroid dienone is 1. The third-order valence-corrected chi connectivity index (χ3v) is 2.97. The van der Waals surface area contributed by atoms with Gasteiger partial charge in [-0.25, -0.2) is 4.79 Å². The molecule has 0 bridgehead atoms. The molecule has 0 amide bonds. The van der Waals surface area contributed by atoms with E-state index in [9.17, 15) is 9.90 Å². The van der Waals surface area contributed by atoms with Gasteiger partial charge in [-0.15, -0.1) is 0 Å². The van der Waals surface area contributed by atoms with Crippen LogP contribution in [-0.4, -0.2) is 36.5 Å². The van der Waals surface area contributed by atoms with Gasteiger partial charge in [-0.3, -0.25) is 0 Å². The van der Waals surface area contributed by atoms with Gasteiger partial charge in [-0.1, -0.05) is 13.0 Å². The van der Waals surface area contributed by atoms with E-state index >= 15 is 0 Å². The minimum absolute atomic E-state index is 0.0407. The smallest absolute Gasteiger partial charge is 0.330 e. The molecule has 0 spiro atoms. The van der Waals surface area contributed by atoms with Crippen LogP contribution in [0, 0.1) is 5.92 Å². The van der Waals surface area contributed by atoms with Gasteiger partial charge in [-0.2, -0.15) is 0 Å². The highest BCUT2D eigenvalue weighted by molar-refractivity contribution is 5.81. The Labute approximate surface area is 103 Å². The van der Waals surface area contributed by atoms with Crippen molar-refractivity contribution in [3.05, 3.63) is 12.2 Å². The van der Waals surface area contributed by atoms with Gasteiger partial charge in [0.2, 0.25) is 0 Å². The number of aliphatic hydroxyl groups is 1. The summed E-state index contributed by atoms with van der Waals surface area (Å²) in [5.41, 5.74) is 0. The highest BCUT2D eigenvalue weighted by Gasteiger charge is 2.29. The fourth-order valence-corrected chi connectivity index (χ4v) is 1.97. The number of rotatable bonds is 6. The predicted molar refractivity (Wildman–Crippen MR) is 64.5 cm³/mol. The van der Waals surface area contributed by atoms with Gasteiger partial charge in [-0.05, 0) is 32.1 Å². The summed E-state index contributed by atoms with van der Waals surface area (Å²) >= 11 is 0. The molecule has 17 heavy (non-hydrogen) atoms. The van der Waals surface area contributed by atoms with Crippen molar-refractivity contribution in [2.45, 2.75) is 45.3 Å². The molecule has 1 aliphatic rings. The lowest BCUT2D eigenvalue weighted by molar-refractivity contribution is -0.137. The van der Waals surface area contributed by atoms with E-state index in [0.717, 1.165) is 19.3 Å². The van der Waals surface area contributed by atoms with Crippen molar-refractivity contribution in [2.75, 3.05) is 13.2 Å². The first-order chi connectivity index (χ1) is 8.17. The topological polar surface area (TPSA) is 55.8 Å². The first kappa shape index (κ1) is 14.2. The van der Waals surface area contributed by atoms with Crippen LogP contribution in [0.3, 0.4) is 0 Å². The average molecular weight is 242 g/mol. The molecule has 4 heteroatoms. The monoisotopic (exact) mass is 242 g/mol. The van der Waals surface area contributed by atoms with E-state index in [1.54, 1.807) is 6.92 Å². The number of carbonyl (C=O) groups excluding carboxylic acids is 1. The molecule has 0 aromatic carbocycles. The molecule has 0 saturated carbocycles. The maximum Gasteiger partial charge on any atom is 0.330 e. The lowest BCUT2D eigenvalue weighted by atomic mass is 9.98. The summed E-state index contributed by atoms with van der Waals surface area (Å²) in [5.74, 6) is 0.100. The van der Waals surface area contributed by atoms with Crippen molar-refractivity contribution < 1.29 is 19.4 Å². The van der Waals surface area contributed by atoms with E-state index < -0.39 is 0 Å². The zero-order valence-corrected chi connectivity index (χ0v) is 10.6. The molecule has 0 unspecified atom stereocenters. The lowest BCUT2D eigenvalue weighted by Crippen LogP contribution is -2.24. The van der Waals surface area contributed by atoms with E-state index in [4.69, 9.17) is 9.47 Å². The Morgan fingerprint density at radius 1 is 1.59 bits per heavy atom. The second kappa shape index (κ2) is 7.45. The number of carbonyl (C=O) groups is 1. The molecule has 0 aliphatic carbocycles. The molecule has 0 radical (unpaired) electrons. The molecule has 1 fully saturated rings. The summed E-state index contributed by atoms with van der Waals surface area (Å²) in [6.07, 6.45) is 5.26. The molecular formula is C13H22O4. The first-order valence-corrected chi connectivity index (χ1v) is 6.30. The van der Waals surface area contributed by atoms with Gasteiger partial charge < -0.3 is 14.6 Å². The molecule has 0 aromatic heterocycles. The SMILES string of the molecule is CCOC(=O)/C=C/C[C@H]1CO[C@H]([C@H](O)CC)C1. The van der Waals surface area contributed by atoms with Gasteiger partial charge in [0.1, 0.15) is 0 Å². The fourth-order valence-electron chi connectivity index (χ4n) is 1.97. The van der Waals surface area contributed by atoms with Crippen LogP contribution in [0.1, 0.15) is 33.1 Å². The summed E-state index contributed by atoms with van der Waals surface area (Å²) < 4.78 is 10.3. The Morgan fingerprint density at radius 2 is 2.35 bits per heavy atom. The fraction of sp³-hybridized carbons (Fsp3) is 0.769. The number of hydrogen-bond donors (Lipinski definition) is 1. The zero-order chi connectivity index (χ0) is 12.7. The molecule has 1 aliphatic heterocycles. The van der Waals surface area contributed by atoms with Crippen molar-refractivity contribution in [1.82, 2.24) is 0 Å². The maximum atomic E-state index is 11.1. The van der Waals surface area contributed by atoms with Gasteiger partial charge in [0.05, 0.1) is 25.4 Å². The van der Waals surface area contributed by atoms with Crippen molar-refractivity contribution >= 4 is 5.97 Å². The Balaban J connectivity index is 2.24. The molecule has 1 saturated heterocycles. The molecule has 0 aromatic rings. The van der Waals surface area contributed by atoms with Crippen LogP contribution < -0.4 is 0 Å². The highest BCUT2D eigenvalue weighted by atomic mass is 16.5. The van der Waals surface area contributed by atoms with Crippen molar-refractivity contribution in [1.29, 1.82) is 0 Å². The summed E-state index contributed by atoms with van der Waals surface area (Å²) in [7, 11) is 0. The Hall–Kier alpha value is -0.870. The molecule has 3 atom stereocenters. The van der Waals surface area contributed by atoms with E-state index in [1.807, 2.05) is 13.0 Å². The standard InChI is InChI=1S/C13H22O4/c1-3-11(14)12-8-10(9-17-12)6-5-7-13(15)16-4-2/h5,7,10-12,14H,3-4,6,8-9H2,1-2H3/b7-5+/t10-,11-,12+/m1/s1. The molecule has 98 valence electrons. The van der Waals surface area contributed by atoms with E-state index in [1.165, 1.54) is 6.08 Å². The third-order valence-electron chi connectivity index (χ3n) is 2.97. The van der Waals surface area contributed by atoms with Gasteiger partial charge in [0.25, 0.3) is 0 Å². The van der Waals surface area contributed by atoms with Crippen LogP contribution in [-0.2, 0) is 14.3 Å². The van der Waals surface area contributed by atoms with Crippen LogP contribution >= 0.6 is 0 Å². The zero-order valence-electron chi connectivity index (χ0n) is 10.6. The lowest BCUT2D eigenvalue weighted by Gasteiger charge is -2.14. The molecule has 1 heterocycles. The Bertz CT molecular complexity index is 262. The minimum Gasteiger partial charge on any atom is -0.463 e. The number of ether oxygens (including phenoxy) is 2. The Morgan fingerprint density at radius 3 is 3.00 bits per heavy atom. The number of aliphatic hydroxyl groups excluding tert-OH is 1. The van der Waals surface area contributed by atoms with Gasteiger partial charge >= 0.3 is 5.97 Å². The quantitative estimate of drug-likeness (QED) is 0.568. The maximum absolute atomic E-state index is 11.1. The Kier molecular flexibility index (Phi) is 6.22. The van der Waals surface area contributed by atoms with E-state index in [2.05, 4.69) is 0 Å². The molecule has 4 nitrogen and oxygen atoms in total. The first-order valence-electron chi connectivity index (χ1n) is 6.30. The second-order valence-corrected chi connectivity index (χ2v) is 4.34. The largest absolute Gasteiger partial charge is 0.463 e. The highest BCUT2D eigenvalue weighted by Crippen LogP contribution is 2.25. The van der Waals surface area contributed by atoms with Crippen LogP contribution in [0.25, 0.3) is 0 Å². The van der Waals surface area contributed by atoms with Crippen molar-refractivity contribution in [3.8, 4) is 0 Å². The minimum atomic E-state index is -0.367. The van der Waals surface area contributed by atoms with Gasteiger partial charge in [0, 0.05) is 6.08 Å². The van der Waals surface area contributed by atoms with Crippen LogP contribution in [0.2, 0.25) is 0 Å². The van der Waals surface area contributed by atoms with Crippen molar-refractivity contribution in [2.24, 2.45) is 5.92 Å². The molecule has 1 N–H and O–H groups in total. The second-order valence-electron chi connectivity index (χ2n) is 4.34. The van der Waals surface area contributed by atoms with E-state index in [0.29, 0.717) is 19.1 Å². The van der Waals surface area contributed by atoms with Crippen molar-refractivity contribution in [3.63, 3.8) is 0 Å². The van der Waals surface area contributed by atoms with Gasteiger partial charge in [0.15, 0.2) is 0 Å². The summed E-state index contributed by atoms with van der Waals surface area (Å²) in [6.45, 7) is 4.80. The predicted octanol–water partition coefficient (Wildman–Crippen LogP) is 1.67. The van der Waals surface area contributed by atoms with E-state index in [-0.39, 0.29) is 18.2 Å². The third kappa shape index (κ3) is 4.88. The molecule has 1 rings (SSSR count). The summed E-state index contributed by atoms with van der Waals surface area (Å²) in [5, 5.41) is 9.64. The molecular weight excluding hydrogens is 220 g/mol. The van der Waals surface area contributed by atoms with Crippen LogP contribution in [0.15, 0.2) is 12.2 Å². The number of esters is 1. The normalized spacial score (nSPS) is 26.3.